The summed E-state index contributed by atoms with van der Waals surface area (Å²) in [6.45, 7) is -1.59. The van der Waals surface area contributed by atoms with Gasteiger partial charge in [-0.05, 0) is 17.7 Å². The molecule has 2 rings (SSSR count). The van der Waals surface area contributed by atoms with Gasteiger partial charge < -0.3 is 10.4 Å². The molecule has 1 aliphatic heterocycles. The van der Waals surface area contributed by atoms with Gasteiger partial charge in [-0.3, -0.25) is 9.69 Å². The number of amides is 3. The van der Waals surface area contributed by atoms with Crippen LogP contribution >= 0.6 is 0 Å². The summed E-state index contributed by atoms with van der Waals surface area (Å²) in [6, 6.07) is 3.78. The van der Waals surface area contributed by atoms with Crippen molar-refractivity contribution in [3.05, 3.63) is 29.8 Å². The molecule has 0 aliphatic carbocycles. The Kier molecular flexibility index (Phi) is 3.56. The van der Waals surface area contributed by atoms with E-state index in [4.69, 9.17) is 5.11 Å². The number of aromatic hydroxyl groups is 1. The Morgan fingerprint density at radius 2 is 1.80 bits per heavy atom. The van der Waals surface area contributed by atoms with Gasteiger partial charge in [0.1, 0.15) is 18.3 Å². The topological polar surface area (TPSA) is 69.6 Å². The van der Waals surface area contributed by atoms with Crippen molar-refractivity contribution in [1.82, 2.24) is 10.2 Å². The fourth-order valence-electron chi connectivity index (χ4n) is 1.91. The van der Waals surface area contributed by atoms with Crippen LogP contribution in [0.5, 0.6) is 5.75 Å². The summed E-state index contributed by atoms with van der Waals surface area (Å²) < 4.78 is 36.8. The summed E-state index contributed by atoms with van der Waals surface area (Å²) in [6.07, 6.45) is -4.56. The summed E-state index contributed by atoms with van der Waals surface area (Å²) in [5.41, 5.74) is 0.621. The average Bonchev–Trinajstić information content (AvgIpc) is 2.58. The zero-order valence-corrected chi connectivity index (χ0v) is 10.1. The first-order valence-electron chi connectivity index (χ1n) is 5.73. The highest BCUT2D eigenvalue weighted by molar-refractivity contribution is 6.04. The molecule has 1 atom stereocenters. The van der Waals surface area contributed by atoms with Crippen molar-refractivity contribution in [2.75, 3.05) is 6.54 Å². The normalized spacial score (nSPS) is 19.4. The van der Waals surface area contributed by atoms with E-state index in [1.807, 2.05) is 0 Å². The lowest BCUT2D eigenvalue weighted by molar-refractivity contribution is -0.153. The third-order valence-electron chi connectivity index (χ3n) is 2.82. The van der Waals surface area contributed by atoms with Gasteiger partial charge in [-0.25, -0.2) is 4.79 Å². The lowest BCUT2D eigenvalue weighted by atomic mass is 10.1. The number of urea groups is 1. The maximum absolute atomic E-state index is 12.3. The van der Waals surface area contributed by atoms with Crippen molar-refractivity contribution < 1.29 is 27.9 Å². The number of benzene rings is 1. The Morgan fingerprint density at radius 3 is 2.35 bits per heavy atom. The summed E-state index contributed by atoms with van der Waals surface area (Å²) >= 11 is 0. The Balaban J connectivity index is 2.06. The Morgan fingerprint density at radius 1 is 1.20 bits per heavy atom. The number of alkyl halides is 3. The largest absolute Gasteiger partial charge is 0.508 e. The van der Waals surface area contributed by atoms with E-state index < -0.39 is 30.7 Å². The molecule has 1 fully saturated rings. The molecule has 1 aliphatic rings. The first-order chi connectivity index (χ1) is 9.26. The predicted octanol–water partition coefficient (Wildman–Crippen LogP) is 1.42. The molecular formula is C12H11F3N2O3. The summed E-state index contributed by atoms with van der Waals surface area (Å²) in [5.74, 6) is -0.866. The third kappa shape index (κ3) is 3.19. The smallest absolute Gasteiger partial charge is 0.406 e. The number of halogens is 3. The number of hydrogen-bond donors (Lipinski definition) is 2. The number of imide groups is 1. The minimum atomic E-state index is -4.62. The van der Waals surface area contributed by atoms with E-state index in [9.17, 15) is 22.8 Å². The van der Waals surface area contributed by atoms with Crippen LogP contribution < -0.4 is 5.32 Å². The number of carbonyl (C=O) groups is 2. The molecular weight excluding hydrogens is 277 g/mol. The van der Waals surface area contributed by atoms with E-state index in [2.05, 4.69) is 5.32 Å². The maximum Gasteiger partial charge on any atom is 0.406 e. The van der Waals surface area contributed by atoms with Gasteiger partial charge in [0.15, 0.2) is 0 Å². The Labute approximate surface area is 112 Å². The number of phenolic OH excluding ortho intramolecular Hbond substituents is 1. The first-order valence-corrected chi connectivity index (χ1v) is 5.73. The minimum Gasteiger partial charge on any atom is -0.508 e. The molecule has 2 N–H and O–H groups in total. The molecule has 1 heterocycles. The Hall–Kier alpha value is -2.25. The van der Waals surface area contributed by atoms with Crippen LogP contribution in [0, 0.1) is 0 Å². The van der Waals surface area contributed by atoms with Crippen molar-refractivity contribution >= 4 is 11.9 Å². The molecule has 8 heteroatoms. The molecule has 0 radical (unpaired) electrons. The van der Waals surface area contributed by atoms with Crippen LogP contribution in [0.15, 0.2) is 24.3 Å². The SMILES string of the molecule is O=C1NC(Cc2ccc(O)cc2)C(=O)N1CC(F)(F)F. The van der Waals surface area contributed by atoms with Gasteiger partial charge in [0, 0.05) is 6.42 Å². The molecule has 108 valence electrons. The van der Waals surface area contributed by atoms with Gasteiger partial charge in [0.25, 0.3) is 5.91 Å². The lowest BCUT2D eigenvalue weighted by Gasteiger charge is -2.15. The fraction of sp³-hybridized carbons (Fsp3) is 0.333. The molecule has 0 saturated carbocycles. The first kappa shape index (κ1) is 14.2. The Bertz CT molecular complexity index is 528. The number of nitrogens with one attached hydrogen (secondary N) is 1. The number of hydrogen-bond acceptors (Lipinski definition) is 3. The van der Waals surface area contributed by atoms with E-state index in [0.717, 1.165) is 0 Å². The number of nitrogens with zero attached hydrogens (tertiary/aromatic N) is 1. The second kappa shape index (κ2) is 5.03. The summed E-state index contributed by atoms with van der Waals surface area (Å²) in [7, 11) is 0. The molecule has 1 unspecified atom stereocenters. The molecule has 0 spiro atoms. The van der Waals surface area contributed by atoms with Gasteiger partial charge in [-0.15, -0.1) is 0 Å². The molecule has 3 amide bonds. The highest BCUT2D eigenvalue weighted by atomic mass is 19.4. The van der Waals surface area contributed by atoms with Crippen LogP contribution in [0.3, 0.4) is 0 Å². The maximum atomic E-state index is 12.3. The highest BCUT2D eigenvalue weighted by Gasteiger charge is 2.44. The van der Waals surface area contributed by atoms with Gasteiger partial charge in [0.2, 0.25) is 0 Å². The van der Waals surface area contributed by atoms with Gasteiger partial charge >= 0.3 is 12.2 Å². The van der Waals surface area contributed by atoms with Crippen molar-refractivity contribution in [2.45, 2.75) is 18.6 Å². The van der Waals surface area contributed by atoms with E-state index >= 15 is 0 Å². The summed E-state index contributed by atoms with van der Waals surface area (Å²) in [5, 5.41) is 11.3. The van der Waals surface area contributed by atoms with Crippen LogP contribution in [0.1, 0.15) is 5.56 Å². The second-order valence-electron chi connectivity index (χ2n) is 4.41. The van der Waals surface area contributed by atoms with Crippen LogP contribution in [0.25, 0.3) is 0 Å². The third-order valence-corrected chi connectivity index (χ3v) is 2.82. The number of rotatable bonds is 3. The number of phenols is 1. The number of carbonyl (C=O) groups excluding carboxylic acids is 2. The van der Waals surface area contributed by atoms with Crippen LogP contribution in [0.2, 0.25) is 0 Å². The lowest BCUT2D eigenvalue weighted by Crippen LogP contribution is -2.39. The molecule has 1 aromatic carbocycles. The van der Waals surface area contributed by atoms with Crippen molar-refractivity contribution in [3.8, 4) is 5.75 Å². The zero-order chi connectivity index (χ0) is 14.9. The van der Waals surface area contributed by atoms with Crippen molar-refractivity contribution in [2.24, 2.45) is 0 Å². The van der Waals surface area contributed by atoms with Gasteiger partial charge in [-0.2, -0.15) is 13.2 Å². The van der Waals surface area contributed by atoms with Crippen LogP contribution in [-0.2, 0) is 11.2 Å². The molecule has 1 saturated heterocycles. The van der Waals surface area contributed by atoms with E-state index in [0.29, 0.717) is 5.56 Å². The van der Waals surface area contributed by atoms with Crippen LogP contribution in [0.4, 0.5) is 18.0 Å². The average molecular weight is 288 g/mol. The second-order valence-corrected chi connectivity index (χ2v) is 4.41. The van der Waals surface area contributed by atoms with E-state index in [-0.39, 0.29) is 17.1 Å². The molecule has 1 aromatic rings. The predicted molar refractivity (Wildman–Crippen MR) is 61.9 cm³/mol. The summed E-state index contributed by atoms with van der Waals surface area (Å²) in [4.78, 5) is 23.3. The standard InChI is InChI=1S/C12H11F3N2O3/c13-12(14,15)6-17-10(19)9(16-11(17)20)5-7-1-3-8(18)4-2-7/h1-4,9,18H,5-6H2,(H,16,20). The molecule has 0 bridgehead atoms. The van der Waals surface area contributed by atoms with Crippen molar-refractivity contribution in [1.29, 1.82) is 0 Å². The van der Waals surface area contributed by atoms with Crippen LogP contribution in [-0.4, -0.2) is 40.7 Å². The van der Waals surface area contributed by atoms with Gasteiger partial charge in [-0.1, -0.05) is 12.1 Å². The van der Waals surface area contributed by atoms with Crippen molar-refractivity contribution in [3.63, 3.8) is 0 Å². The quantitative estimate of drug-likeness (QED) is 0.826. The monoisotopic (exact) mass is 288 g/mol. The molecule has 0 aromatic heterocycles. The molecule has 20 heavy (non-hydrogen) atoms. The zero-order valence-electron chi connectivity index (χ0n) is 10.1. The van der Waals surface area contributed by atoms with Gasteiger partial charge in [0.05, 0.1) is 0 Å². The fourth-order valence-corrected chi connectivity index (χ4v) is 1.91. The van der Waals surface area contributed by atoms with E-state index in [1.54, 1.807) is 0 Å². The van der Waals surface area contributed by atoms with E-state index in [1.165, 1.54) is 24.3 Å². The minimum absolute atomic E-state index is 0.0363. The molecule has 5 nitrogen and oxygen atoms in total. The highest BCUT2D eigenvalue weighted by Crippen LogP contribution is 2.21.